The van der Waals surface area contributed by atoms with Crippen LogP contribution in [0.4, 0.5) is 0 Å². The minimum Gasteiger partial charge on any atom is -0.478 e. The van der Waals surface area contributed by atoms with Crippen LogP contribution in [0.1, 0.15) is 27.0 Å². The number of Topliss-reactive ketones (excluding diaryl/α,β-unsaturated/α-hetero) is 1. The van der Waals surface area contributed by atoms with Crippen LogP contribution in [0.5, 0.6) is 11.5 Å². The average Bonchev–Trinajstić information content (AvgIpc) is 3.10. The van der Waals surface area contributed by atoms with E-state index in [-0.39, 0.29) is 5.78 Å². The second kappa shape index (κ2) is 8.50. The van der Waals surface area contributed by atoms with Gasteiger partial charge in [0.25, 0.3) is 0 Å². The van der Waals surface area contributed by atoms with E-state index >= 15 is 0 Å². The Kier molecular flexibility index (Phi) is 5.57. The van der Waals surface area contributed by atoms with Gasteiger partial charge >= 0.3 is 0 Å². The Morgan fingerprint density at radius 3 is 2.71 bits per heavy atom. The van der Waals surface area contributed by atoms with Crippen LogP contribution in [-0.2, 0) is 13.0 Å². The Labute approximate surface area is 194 Å². The number of carbonyl (C=O) groups excluding carboxylic acids is 1. The first kappa shape index (κ1) is 20.3. The van der Waals surface area contributed by atoms with E-state index in [0.29, 0.717) is 30.3 Å². The highest BCUT2D eigenvalue weighted by Gasteiger charge is 2.33. The van der Waals surface area contributed by atoms with Gasteiger partial charge in [-0.2, -0.15) is 0 Å². The van der Waals surface area contributed by atoms with Crippen LogP contribution in [0.3, 0.4) is 0 Å². The number of rotatable bonds is 4. The molecule has 0 radical (unpaired) electrons. The van der Waals surface area contributed by atoms with Gasteiger partial charge in [0.2, 0.25) is 5.78 Å². The Morgan fingerprint density at radius 2 is 1.87 bits per heavy atom. The smallest absolute Gasteiger partial charge is 0.231 e. The molecule has 5 rings (SSSR count). The lowest BCUT2D eigenvalue weighted by atomic mass is 10.0. The molecular weight excluding hydrogens is 478 g/mol. The highest BCUT2D eigenvalue weighted by Crippen LogP contribution is 2.42. The standard InChI is InChI=1S/C25H19BrClNO3/c26-20-7-3-1-6-17(20)13-23-24(29)18-9-10-22-19(25(18)31-23)14-28(15-30-22)12-11-16-5-2-4-8-21(16)27/h1-10,13H,11-12,14-15H2/b23-13-. The molecule has 0 saturated carbocycles. The maximum Gasteiger partial charge on any atom is 0.231 e. The van der Waals surface area contributed by atoms with Crippen molar-refractivity contribution in [3.63, 3.8) is 0 Å². The van der Waals surface area contributed by atoms with Crippen LogP contribution in [0.2, 0.25) is 5.02 Å². The van der Waals surface area contributed by atoms with Gasteiger partial charge in [0.05, 0.1) is 11.1 Å². The lowest BCUT2D eigenvalue weighted by Crippen LogP contribution is -2.33. The molecule has 2 aliphatic rings. The highest BCUT2D eigenvalue weighted by molar-refractivity contribution is 9.10. The largest absolute Gasteiger partial charge is 0.478 e. The van der Waals surface area contributed by atoms with E-state index in [1.165, 1.54) is 0 Å². The lowest BCUT2D eigenvalue weighted by molar-refractivity contribution is 0.0950. The molecule has 0 N–H and O–H groups in total. The van der Waals surface area contributed by atoms with Gasteiger partial charge in [-0.05, 0) is 47.9 Å². The molecule has 4 nitrogen and oxygen atoms in total. The maximum atomic E-state index is 13.0. The molecule has 0 fully saturated rings. The summed E-state index contributed by atoms with van der Waals surface area (Å²) in [5.41, 5.74) is 3.49. The van der Waals surface area contributed by atoms with Gasteiger partial charge in [0.1, 0.15) is 18.2 Å². The number of ether oxygens (including phenoxy) is 2. The van der Waals surface area contributed by atoms with Crippen molar-refractivity contribution in [1.82, 2.24) is 4.90 Å². The molecule has 0 saturated heterocycles. The van der Waals surface area contributed by atoms with Crippen LogP contribution in [0, 0.1) is 0 Å². The Morgan fingerprint density at radius 1 is 1.06 bits per heavy atom. The molecule has 3 aromatic carbocycles. The van der Waals surface area contributed by atoms with E-state index in [0.717, 1.165) is 44.9 Å². The maximum absolute atomic E-state index is 13.0. The topological polar surface area (TPSA) is 38.8 Å². The predicted octanol–water partition coefficient (Wildman–Crippen LogP) is 6.11. The quantitative estimate of drug-likeness (QED) is 0.408. The fourth-order valence-electron chi connectivity index (χ4n) is 3.86. The minimum absolute atomic E-state index is 0.109. The van der Waals surface area contributed by atoms with Gasteiger partial charge in [-0.3, -0.25) is 9.69 Å². The monoisotopic (exact) mass is 495 g/mol. The van der Waals surface area contributed by atoms with Gasteiger partial charge in [-0.1, -0.05) is 63.9 Å². The van der Waals surface area contributed by atoms with Crippen molar-refractivity contribution in [2.75, 3.05) is 13.3 Å². The van der Waals surface area contributed by atoms with Crippen molar-refractivity contribution in [3.8, 4) is 11.5 Å². The third-order valence-corrected chi connectivity index (χ3v) is 6.62. The van der Waals surface area contributed by atoms with Gasteiger partial charge in [-0.25, -0.2) is 0 Å². The summed E-state index contributed by atoms with van der Waals surface area (Å²) in [6.45, 7) is 1.93. The van der Waals surface area contributed by atoms with Crippen molar-refractivity contribution in [3.05, 3.63) is 98.2 Å². The van der Waals surface area contributed by atoms with Gasteiger partial charge in [0.15, 0.2) is 5.76 Å². The third kappa shape index (κ3) is 4.01. The second-order valence-corrected chi connectivity index (χ2v) is 8.81. The molecule has 3 aromatic rings. The molecule has 2 aliphatic heterocycles. The summed E-state index contributed by atoms with van der Waals surface area (Å²) in [6.07, 6.45) is 2.60. The summed E-state index contributed by atoms with van der Waals surface area (Å²) in [4.78, 5) is 15.1. The van der Waals surface area contributed by atoms with Gasteiger partial charge in [-0.15, -0.1) is 0 Å². The number of nitrogens with zero attached hydrogens (tertiary/aromatic N) is 1. The van der Waals surface area contributed by atoms with E-state index in [4.69, 9.17) is 21.1 Å². The van der Waals surface area contributed by atoms with E-state index in [1.807, 2.05) is 54.6 Å². The summed E-state index contributed by atoms with van der Waals surface area (Å²) >= 11 is 9.81. The summed E-state index contributed by atoms with van der Waals surface area (Å²) in [6, 6.07) is 19.3. The highest BCUT2D eigenvalue weighted by atomic mass is 79.9. The zero-order valence-electron chi connectivity index (χ0n) is 16.6. The Hall–Kier alpha value is -2.60. The third-order valence-electron chi connectivity index (χ3n) is 5.53. The zero-order chi connectivity index (χ0) is 21.4. The molecule has 0 spiro atoms. The Bertz CT molecular complexity index is 1210. The number of halogens is 2. The number of ketones is 1. The lowest BCUT2D eigenvalue weighted by Gasteiger charge is -2.29. The first-order valence-electron chi connectivity index (χ1n) is 10.0. The van der Waals surface area contributed by atoms with E-state index in [9.17, 15) is 4.79 Å². The molecule has 0 aliphatic carbocycles. The van der Waals surface area contributed by atoms with E-state index in [1.54, 1.807) is 12.1 Å². The van der Waals surface area contributed by atoms with E-state index in [2.05, 4.69) is 20.8 Å². The number of hydrogen-bond donors (Lipinski definition) is 0. The van der Waals surface area contributed by atoms with Crippen LogP contribution in [0.25, 0.3) is 6.08 Å². The van der Waals surface area contributed by atoms with Gasteiger partial charge in [0, 0.05) is 22.6 Å². The molecule has 156 valence electrons. The van der Waals surface area contributed by atoms with Crippen LogP contribution < -0.4 is 9.47 Å². The molecule has 0 aromatic heterocycles. The Balaban J connectivity index is 1.38. The van der Waals surface area contributed by atoms with E-state index < -0.39 is 0 Å². The summed E-state index contributed by atoms with van der Waals surface area (Å²) in [5.74, 6) is 1.58. The summed E-state index contributed by atoms with van der Waals surface area (Å²) in [5, 5.41) is 0.775. The fourth-order valence-corrected chi connectivity index (χ4v) is 4.49. The number of allylic oxidation sites excluding steroid dienone is 1. The molecule has 0 amide bonds. The zero-order valence-corrected chi connectivity index (χ0v) is 18.9. The van der Waals surface area contributed by atoms with Crippen molar-refractivity contribution in [2.45, 2.75) is 13.0 Å². The molecule has 2 heterocycles. The van der Waals surface area contributed by atoms with Crippen LogP contribution in [0.15, 0.2) is 70.9 Å². The number of fused-ring (bicyclic) bond motifs is 3. The van der Waals surface area contributed by atoms with Crippen molar-refractivity contribution in [1.29, 1.82) is 0 Å². The van der Waals surface area contributed by atoms with Crippen molar-refractivity contribution >= 4 is 39.4 Å². The first-order chi connectivity index (χ1) is 15.1. The number of hydrogen-bond acceptors (Lipinski definition) is 4. The molecule has 0 atom stereocenters. The normalized spacial score (nSPS) is 16.6. The van der Waals surface area contributed by atoms with Crippen LogP contribution in [-0.4, -0.2) is 24.0 Å². The minimum atomic E-state index is -0.109. The molecule has 0 bridgehead atoms. The molecule has 0 unspecified atom stereocenters. The predicted molar refractivity (Wildman–Crippen MR) is 125 cm³/mol. The average molecular weight is 497 g/mol. The first-order valence-corrected chi connectivity index (χ1v) is 11.2. The van der Waals surface area contributed by atoms with Gasteiger partial charge < -0.3 is 9.47 Å². The fraction of sp³-hybridized carbons (Fsp3) is 0.160. The molecule has 6 heteroatoms. The summed E-state index contributed by atoms with van der Waals surface area (Å²) in [7, 11) is 0. The SMILES string of the molecule is O=C1/C(=C/c2ccccc2Br)Oc2c1ccc1c2CN(CCc2ccccc2Cl)CO1. The molecule has 31 heavy (non-hydrogen) atoms. The second-order valence-electron chi connectivity index (χ2n) is 7.55. The van der Waals surface area contributed by atoms with Crippen molar-refractivity contribution < 1.29 is 14.3 Å². The summed E-state index contributed by atoms with van der Waals surface area (Å²) < 4.78 is 12.9. The molecular formula is C25H19BrClNO3. The number of carbonyl (C=O) groups is 1. The van der Waals surface area contributed by atoms with Crippen LogP contribution >= 0.6 is 27.5 Å². The number of benzene rings is 3. The van der Waals surface area contributed by atoms with Crippen molar-refractivity contribution in [2.24, 2.45) is 0 Å².